The van der Waals surface area contributed by atoms with E-state index in [1.165, 1.54) is 12.8 Å². The third-order valence-electron chi connectivity index (χ3n) is 2.79. The molecule has 108 valence electrons. The molecule has 1 aromatic carbocycles. The Morgan fingerprint density at radius 3 is 2.63 bits per heavy atom. The highest BCUT2D eigenvalue weighted by molar-refractivity contribution is 6.30. The number of methoxy groups -OCH3 is 1. The molecule has 0 bridgehead atoms. The molecule has 0 amide bonds. The summed E-state index contributed by atoms with van der Waals surface area (Å²) < 4.78 is 11.2. The number of benzene rings is 1. The van der Waals surface area contributed by atoms with Crippen LogP contribution in [0.1, 0.15) is 38.7 Å². The molecular formula is C15H24ClNO2. The maximum absolute atomic E-state index is 6.11. The Labute approximate surface area is 121 Å². The highest BCUT2D eigenvalue weighted by atomic mass is 35.5. The van der Waals surface area contributed by atoms with E-state index < -0.39 is 0 Å². The third-order valence-corrected chi connectivity index (χ3v) is 3.01. The molecule has 19 heavy (non-hydrogen) atoms. The average Bonchev–Trinajstić information content (AvgIpc) is 2.41. The van der Waals surface area contributed by atoms with Crippen LogP contribution in [0, 0.1) is 0 Å². The number of ether oxygens (including phenoxy) is 2. The van der Waals surface area contributed by atoms with Crippen molar-refractivity contribution in [2.24, 2.45) is 0 Å². The van der Waals surface area contributed by atoms with Gasteiger partial charge in [-0.1, -0.05) is 31.9 Å². The van der Waals surface area contributed by atoms with Gasteiger partial charge in [-0.05, 0) is 25.5 Å². The van der Waals surface area contributed by atoms with Crippen LogP contribution in [0.25, 0.3) is 0 Å². The maximum atomic E-state index is 6.11. The van der Waals surface area contributed by atoms with E-state index in [4.69, 9.17) is 21.1 Å². The third kappa shape index (κ3) is 5.29. The minimum absolute atomic E-state index is 0.674. The minimum atomic E-state index is 0.674. The zero-order chi connectivity index (χ0) is 14.1. The van der Waals surface area contributed by atoms with Crippen LogP contribution >= 0.6 is 11.6 Å². The van der Waals surface area contributed by atoms with E-state index in [1.807, 2.05) is 6.07 Å². The molecule has 0 heterocycles. The van der Waals surface area contributed by atoms with E-state index >= 15 is 0 Å². The van der Waals surface area contributed by atoms with Gasteiger partial charge in [-0.25, -0.2) is 0 Å². The lowest BCUT2D eigenvalue weighted by Gasteiger charge is -2.16. The molecule has 0 aliphatic rings. The normalized spacial score (nSPS) is 10.5. The largest absolute Gasteiger partial charge is 0.493 e. The number of hydrogen-bond donors (Lipinski definition) is 1. The van der Waals surface area contributed by atoms with Crippen molar-refractivity contribution in [3.63, 3.8) is 0 Å². The van der Waals surface area contributed by atoms with Gasteiger partial charge in [0.1, 0.15) is 0 Å². The van der Waals surface area contributed by atoms with Gasteiger partial charge in [-0.2, -0.15) is 0 Å². The Morgan fingerprint density at radius 2 is 2.00 bits per heavy atom. The molecule has 0 atom stereocenters. The Bertz CT molecular complexity index is 383. The molecule has 0 fully saturated rings. The molecule has 0 radical (unpaired) electrons. The summed E-state index contributed by atoms with van der Waals surface area (Å²) in [5.41, 5.74) is 1.05. The van der Waals surface area contributed by atoms with Gasteiger partial charge in [0, 0.05) is 23.2 Å². The second-order valence-electron chi connectivity index (χ2n) is 4.48. The molecular weight excluding hydrogens is 262 g/mol. The molecule has 1 rings (SSSR count). The van der Waals surface area contributed by atoms with Crippen LogP contribution in [-0.2, 0) is 6.54 Å². The lowest BCUT2D eigenvalue weighted by molar-refractivity contribution is 0.290. The maximum Gasteiger partial charge on any atom is 0.165 e. The van der Waals surface area contributed by atoms with Gasteiger partial charge in [0.05, 0.1) is 13.7 Å². The number of nitrogens with one attached hydrogen (secondary N) is 1. The fraction of sp³-hybridized carbons (Fsp3) is 0.600. The molecule has 1 N–H and O–H groups in total. The smallest absolute Gasteiger partial charge is 0.165 e. The predicted molar refractivity (Wildman–Crippen MR) is 80.4 cm³/mol. The zero-order valence-electron chi connectivity index (χ0n) is 12.1. The van der Waals surface area contributed by atoms with Crippen molar-refractivity contribution in [1.82, 2.24) is 5.32 Å². The first kappa shape index (κ1) is 16.1. The molecule has 0 aromatic heterocycles. The zero-order valence-corrected chi connectivity index (χ0v) is 12.8. The monoisotopic (exact) mass is 285 g/mol. The van der Waals surface area contributed by atoms with Crippen molar-refractivity contribution in [1.29, 1.82) is 0 Å². The van der Waals surface area contributed by atoms with Gasteiger partial charge in [-0.3, -0.25) is 0 Å². The van der Waals surface area contributed by atoms with Crippen molar-refractivity contribution >= 4 is 11.6 Å². The summed E-state index contributed by atoms with van der Waals surface area (Å²) in [7, 11) is 1.64. The lowest BCUT2D eigenvalue weighted by Crippen LogP contribution is -2.15. The number of halogens is 1. The summed E-state index contributed by atoms with van der Waals surface area (Å²) in [5.74, 6) is 1.51. The van der Waals surface area contributed by atoms with Crippen LogP contribution in [0.15, 0.2) is 12.1 Å². The summed E-state index contributed by atoms with van der Waals surface area (Å²) in [4.78, 5) is 0. The van der Waals surface area contributed by atoms with Crippen LogP contribution in [0.3, 0.4) is 0 Å². The summed E-state index contributed by atoms with van der Waals surface area (Å²) in [5, 5.41) is 4.08. The second kappa shape index (κ2) is 9.05. The molecule has 0 saturated heterocycles. The van der Waals surface area contributed by atoms with Gasteiger partial charge in [-0.15, -0.1) is 0 Å². The highest BCUT2D eigenvalue weighted by Crippen LogP contribution is 2.34. The fourth-order valence-corrected chi connectivity index (χ4v) is 2.03. The van der Waals surface area contributed by atoms with Crippen molar-refractivity contribution in [2.45, 2.75) is 39.7 Å². The van der Waals surface area contributed by atoms with Gasteiger partial charge in [0.25, 0.3) is 0 Å². The molecule has 0 aliphatic heterocycles. The number of rotatable bonds is 9. The first-order chi connectivity index (χ1) is 9.22. The van der Waals surface area contributed by atoms with Crippen LogP contribution < -0.4 is 14.8 Å². The number of hydrogen-bond acceptors (Lipinski definition) is 3. The summed E-state index contributed by atoms with van der Waals surface area (Å²) in [6.07, 6.45) is 3.32. The second-order valence-corrected chi connectivity index (χ2v) is 4.91. The highest BCUT2D eigenvalue weighted by Gasteiger charge is 2.12. The van der Waals surface area contributed by atoms with E-state index in [9.17, 15) is 0 Å². The molecule has 0 aliphatic carbocycles. The van der Waals surface area contributed by atoms with Gasteiger partial charge >= 0.3 is 0 Å². The lowest BCUT2D eigenvalue weighted by atomic mass is 10.1. The Balaban J connectivity index is 2.82. The minimum Gasteiger partial charge on any atom is -0.493 e. The first-order valence-electron chi connectivity index (χ1n) is 6.92. The van der Waals surface area contributed by atoms with E-state index in [2.05, 4.69) is 19.2 Å². The van der Waals surface area contributed by atoms with E-state index in [1.54, 1.807) is 13.2 Å². The Hall–Kier alpha value is -0.930. The van der Waals surface area contributed by atoms with Crippen LogP contribution in [0.5, 0.6) is 11.5 Å². The average molecular weight is 286 g/mol. The Morgan fingerprint density at radius 1 is 1.21 bits per heavy atom. The van der Waals surface area contributed by atoms with Crippen LogP contribution in [0.2, 0.25) is 5.02 Å². The molecule has 3 nitrogen and oxygen atoms in total. The molecule has 4 heteroatoms. The van der Waals surface area contributed by atoms with Gasteiger partial charge in [0.2, 0.25) is 0 Å². The predicted octanol–water partition coefficient (Wildman–Crippen LogP) is 4.03. The van der Waals surface area contributed by atoms with Crippen molar-refractivity contribution in [3.05, 3.63) is 22.7 Å². The van der Waals surface area contributed by atoms with Gasteiger partial charge in [0.15, 0.2) is 11.5 Å². The molecule has 0 saturated carbocycles. The fourth-order valence-electron chi connectivity index (χ4n) is 1.80. The van der Waals surface area contributed by atoms with E-state index in [0.29, 0.717) is 17.4 Å². The topological polar surface area (TPSA) is 30.5 Å². The van der Waals surface area contributed by atoms with Gasteiger partial charge < -0.3 is 14.8 Å². The van der Waals surface area contributed by atoms with Crippen LogP contribution in [-0.4, -0.2) is 20.3 Å². The molecule has 0 unspecified atom stereocenters. The van der Waals surface area contributed by atoms with Crippen molar-refractivity contribution in [3.8, 4) is 11.5 Å². The molecule has 1 aromatic rings. The first-order valence-corrected chi connectivity index (χ1v) is 7.30. The van der Waals surface area contributed by atoms with Crippen molar-refractivity contribution < 1.29 is 9.47 Å². The quantitative estimate of drug-likeness (QED) is 0.695. The van der Waals surface area contributed by atoms with Crippen LogP contribution in [0.4, 0.5) is 0 Å². The standard InChI is InChI=1S/C15H24ClNO2/c1-4-6-7-17-11-12-9-13(16)10-14(18-3)15(12)19-8-5-2/h9-10,17H,4-8,11H2,1-3H3. The summed E-state index contributed by atoms with van der Waals surface area (Å²) in [6, 6.07) is 3.73. The number of unbranched alkanes of at least 4 members (excludes halogenated alkanes) is 1. The Kier molecular flexibility index (Phi) is 7.68. The van der Waals surface area contributed by atoms with E-state index in [-0.39, 0.29) is 0 Å². The molecule has 0 spiro atoms. The van der Waals surface area contributed by atoms with E-state index in [0.717, 1.165) is 30.8 Å². The summed E-state index contributed by atoms with van der Waals surface area (Å²) in [6.45, 7) is 6.69. The summed E-state index contributed by atoms with van der Waals surface area (Å²) >= 11 is 6.11. The van der Waals surface area contributed by atoms with Crippen molar-refractivity contribution in [2.75, 3.05) is 20.3 Å². The SMILES string of the molecule is CCCCNCc1cc(Cl)cc(OC)c1OCCC.